The van der Waals surface area contributed by atoms with Crippen LogP contribution in [0, 0.1) is 10.1 Å². The fourth-order valence-electron chi connectivity index (χ4n) is 2.77. The number of hydrogen-bond acceptors (Lipinski definition) is 7. The molecule has 1 amide bonds. The van der Waals surface area contributed by atoms with Gasteiger partial charge in [0, 0.05) is 33.2 Å². The Morgan fingerprint density at radius 3 is 2.72 bits per heavy atom. The van der Waals surface area contributed by atoms with Crippen molar-refractivity contribution >= 4 is 49.5 Å². The highest BCUT2D eigenvalue weighted by atomic mass is 32.1. The van der Waals surface area contributed by atoms with E-state index in [0.717, 1.165) is 21.7 Å². The first kappa shape index (κ1) is 19.0. The molecule has 4 aromatic rings. The molecule has 9 heteroatoms. The van der Waals surface area contributed by atoms with E-state index in [1.165, 1.54) is 34.8 Å². The fourth-order valence-corrected chi connectivity index (χ4v) is 4.42. The van der Waals surface area contributed by atoms with Crippen LogP contribution in [0.1, 0.15) is 16.6 Å². The van der Waals surface area contributed by atoms with E-state index in [1.54, 1.807) is 12.1 Å². The van der Waals surface area contributed by atoms with Crippen molar-refractivity contribution < 1.29 is 14.5 Å². The third kappa shape index (κ3) is 4.10. The van der Waals surface area contributed by atoms with Crippen molar-refractivity contribution in [1.29, 1.82) is 0 Å². The molecular formula is C20H15N3O4S2. The molecule has 0 atom stereocenters. The van der Waals surface area contributed by atoms with Crippen molar-refractivity contribution in [2.24, 2.45) is 0 Å². The smallest absolute Gasteiger partial charge is 0.270 e. The standard InChI is InChI=1S/C20H15N3O4S2/c1-2-27-15-6-3-12(4-7-15)16-11-28-20(21-16)22-19(24)18-10-13-9-14(23(25)26)5-8-17(13)29-18/h3-11H,2H2,1H3,(H,21,22,24). The fraction of sp³-hybridized carbons (Fsp3) is 0.100. The van der Waals surface area contributed by atoms with E-state index in [-0.39, 0.29) is 11.6 Å². The van der Waals surface area contributed by atoms with Crippen LogP contribution >= 0.6 is 22.7 Å². The minimum atomic E-state index is -0.450. The molecule has 0 saturated heterocycles. The first-order chi connectivity index (χ1) is 14.0. The van der Waals surface area contributed by atoms with Crippen LogP contribution in [0.2, 0.25) is 0 Å². The molecule has 2 aromatic carbocycles. The number of amides is 1. The van der Waals surface area contributed by atoms with Gasteiger partial charge in [-0.05, 0) is 43.3 Å². The van der Waals surface area contributed by atoms with Gasteiger partial charge in [-0.3, -0.25) is 20.2 Å². The maximum atomic E-state index is 12.6. The van der Waals surface area contributed by atoms with Gasteiger partial charge in [0.25, 0.3) is 11.6 Å². The number of anilines is 1. The Morgan fingerprint density at radius 1 is 1.21 bits per heavy atom. The third-order valence-corrected chi connectivity index (χ3v) is 5.99. The molecular weight excluding hydrogens is 410 g/mol. The van der Waals surface area contributed by atoms with Gasteiger partial charge < -0.3 is 4.74 Å². The van der Waals surface area contributed by atoms with Crippen LogP contribution in [-0.4, -0.2) is 22.4 Å². The largest absolute Gasteiger partial charge is 0.494 e. The number of rotatable bonds is 6. The van der Waals surface area contributed by atoms with Gasteiger partial charge in [0.1, 0.15) is 5.75 Å². The van der Waals surface area contributed by atoms with Crippen LogP contribution in [-0.2, 0) is 0 Å². The molecule has 146 valence electrons. The van der Waals surface area contributed by atoms with Crippen molar-refractivity contribution in [1.82, 2.24) is 4.98 Å². The Hall–Kier alpha value is -3.30. The minimum absolute atomic E-state index is 0.00202. The number of carbonyl (C=O) groups is 1. The highest BCUT2D eigenvalue weighted by Gasteiger charge is 2.15. The van der Waals surface area contributed by atoms with Crippen molar-refractivity contribution in [3.8, 4) is 17.0 Å². The molecule has 0 spiro atoms. The topological polar surface area (TPSA) is 94.4 Å². The molecule has 0 bridgehead atoms. The average Bonchev–Trinajstić information content (AvgIpc) is 3.35. The van der Waals surface area contributed by atoms with E-state index >= 15 is 0 Å². The number of ether oxygens (including phenoxy) is 1. The summed E-state index contributed by atoms with van der Waals surface area (Å²) in [4.78, 5) is 28.0. The summed E-state index contributed by atoms with van der Waals surface area (Å²) < 4.78 is 6.25. The number of nitrogens with one attached hydrogen (secondary N) is 1. The quantitative estimate of drug-likeness (QED) is 0.321. The monoisotopic (exact) mass is 425 g/mol. The zero-order chi connectivity index (χ0) is 20.4. The average molecular weight is 425 g/mol. The summed E-state index contributed by atoms with van der Waals surface area (Å²) in [6.45, 7) is 2.54. The number of aromatic nitrogens is 1. The maximum absolute atomic E-state index is 12.6. The molecule has 4 rings (SSSR count). The predicted octanol–water partition coefficient (Wildman–Crippen LogP) is 5.58. The van der Waals surface area contributed by atoms with Crippen LogP contribution in [0.4, 0.5) is 10.8 Å². The normalized spacial score (nSPS) is 10.8. The van der Waals surface area contributed by atoms with Gasteiger partial charge in [0.2, 0.25) is 0 Å². The van der Waals surface area contributed by atoms with E-state index < -0.39 is 4.92 Å². The lowest BCUT2D eigenvalue weighted by atomic mass is 10.2. The molecule has 29 heavy (non-hydrogen) atoms. The molecule has 0 aliphatic carbocycles. The minimum Gasteiger partial charge on any atom is -0.494 e. The van der Waals surface area contributed by atoms with Crippen LogP contribution in [0.5, 0.6) is 5.75 Å². The Balaban J connectivity index is 1.50. The highest BCUT2D eigenvalue weighted by molar-refractivity contribution is 7.21. The lowest BCUT2D eigenvalue weighted by molar-refractivity contribution is -0.384. The number of hydrogen-bond donors (Lipinski definition) is 1. The van der Waals surface area contributed by atoms with Gasteiger partial charge in [-0.25, -0.2) is 4.98 Å². The molecule has 0 aliphatic heterocycles. The molecule has 7 nitrogen and oxygen atoms in total. The van der Waals surface area contributed by atoms with Gasteiger partial charge in [0.05, 0.1) is 22.1 Å². The number of nitro groups is 1. The Bertz CT molecular complexity index is 1200. The number of benzene rings is 2. The van der Waals surface area contributed by atoms with Crippen LogP contribution < -0.4 is 10.1 Å². The molecule has 2 heterocycles. The van der Waals surface area contributed by atoms with E-state index in [1.807, 2.05) is 36.6 Å². The Morgan fingerprint density at radius 2 is 2.00 bits per heavy atom. The van der Waals surface area contributed by atoms with Crippen LogP contribution in [0.25, 0.3) is 21.3 Å². The molecule has 0 aliphatic rings. The van der Waals surface area contributed by atoms with E-state index in [9.17, 15) is 14.9 Å². The summed E-state index contributed by atoms with van der Waals surface area (Å²) >= 11 is 2.62. The maximum Gasteiger partial charge on any atom is 0.270 e. The lowest BCUT2D eigenvalue weighted by Crippen LogP contribution is -2.09. The van der Waals surface area contributed by atoms with E-state index in [4.69, 9.17) is 4.74 Å². The molecule has 0 radical (unpaired) electrons. The molecule has 0 unspecified atom stereocenters. The van der Waals surface area contributed by atoms with E-state index in [2.05, 4.69) is 10.3 Å². The third-order valence-electron chi connectivity index (χ3n) is 4.12. The summed E-state index contributed by atoms with van der Waals surface area (Å²) in [5, 5.41) is 16.7. The zero-order valence-electron chi connectivity index (χ0n) is 15.2. The van der Waals surface area contributed by atoms with E-state index in [0.29, 0.717) is 22.0 Å². The first-order valence-electron chi connectivity index (χ1n) is 8.71. The summed E-state index contributed by atoms with van der Waals surface area (Å²) in [6, 6.07) is 13.8. The predicted molar refractivity (Wildman–Crippen MR) is 115 cm³/mol. The second-order valence-electron chi connectivity index (χ2n) is 6.04. The van der Waals surface area contributed by atoms with Gasteiger partial charge in [0.15, 0.2) is 5.13 Å². The number of carbonyl (C=O) groups excluding carboxylic acids is 1. The zero-order valence-corrected chi connectivity index (χ0v) is 16.9. The van der Waals surface area contributed by atoms with Crippen LogP contribution in [0.3, 0.4) is 0 Å². The van der Waals surface area contributed by atoms with Crippen molar-refractivity contribution in [3.63, 3.8) is 0 Å². The SMILES string of the molecule is CCOc1ccc(-c2csc(NC(=O)c3cc4cc([N+](=O)[O-])ccc4s3)n2)cc1. The Kier molecular flexibility index (Phi) is 5.24. The number of thiophene rings is 1. The summed E-state index contributed by atoms with van der Waals surface area (Å²) in [7, 11) is 0. The lowest BCUT2D eigenvalue weighted by Gasteiger charge is -2.03. The molecule has 0 saturated carbocycles. The highest BCUT2D eigenvalue weighted by Crippen LogP contribution is 2.31. The Labute approximate surface area is 173 Å². The van der Waals surface area contributed by atoms with Crippen molar-refractivity contribution in [2.75, 3.05) is 11.9 Å². The number of thiazole rings is 1. The molecule has 0 fully saturated rings. The second-order valence-corrected chi connectivity index (χ2v) is 7.98. The van der Waals surface area contributed by atoms with Gasteiger partial charge in [-0.2, -0.15) is 0 Å². The molecule has 2 aromatic heterocycles. The first-order valence-corrected chi connectivity index (χ1v) is 10.4. The molecule has 1 N–H and O–H groups in total. The van der Waals surface area contributed by atoms with Crippen LogP contribution in [0.15, 0.2) is 53.9 Å². The van der Waals surface area contributed by atoms with Crippen molar-refractivity contribution in [2.45, 2.75) is 6.92 Å². The van der Waals surface area contributed by atoms with Gasteiger partial charge >= 0.3 is 0 Å². The number of nitro benzene ring substituents is 1. The number of fused-ring (bicyclic) bond motifs is 1. The van der Waals surface area contributed by atoms with Crippen molar-refractivity contribution in [3.05, 3.63) is 68.9 Å². The number of non-ortho nitro benzene ring substituents is 1. The van der Waals surface area contributed by atoms with Gasteiger partial charge in [-0.15, -0.1) is 22.7 Å². The summed E-state index contributed by atoms with van der Waals surface area (Å²) in [5.41, 5.74) is 1.70. The second kappa shape index (κ2) is 7.98. The van der Waals surface area contributed by atoms with Gasteiger partial charge in [-0.1, -0.05) is 0 Å². The number of nitrogens with zero attached hydrogens (tertiary/aromatic N) is 2. The summed E-state index contributed by atoms with van der Waals surface area (Å²) in [6.07, 6.45) is 0. The summed E-state index contributed by atoms with van der Waals surface area (Å²) in [5.74, 6) is 0.506.